The predicted molar refractivity (Wildman–Crippen MR) is 68.5 cm³/mol. The van der Waals surface area contributed by atoms with Crippen LogP contribution in [0.25, 0.3) is 0 Å². The van der Waals surface area contributed by atoms with E-state index in [1.807, 2.05) is 20.8 Å². The van der Waals surface area contributed by atoms with Crippen molar-refractivity contribution >= 4 is 5.97 Å². The van der Waals surface area contributed by atoms with Crippen LogP contribution < -0.4 is 0 Å². The highest BCUT2D eigenvalue weighted by atomic mass is 16.5. The third-order valence-electron chi connectivity index (χ3n) is 4.83. The van der Waals surface area contributed by atoms with Gasteiger partial charge in [0.25, 0.3) is 0 Å². The maximum atomic E-state index is 12.1. The molecular formula is C15H23NO2. The van der Waals surface area contributed by atoms with Crippen molar-refractivity contribution in [2.45, 2.75) is 59.0 Å². The second-order valence-electron chi connectivity index (χ2n) is 6.57. The molecule has 0 spiro atoms. The second kappa shape index (κ2) is 4.91. The summed E-state index contributed by atoms with van der Waals surface area (Å²) >= 11 is 0. The summed E-state index contributed by atoms with van der Waals surface area (Å²) in [6, 6.07) is 2.41. The summed E-state index contributed by atoms with van der Waals surface area (Å²) < 4.78 is 5.67. The van der Waals surface area contributed by atoms with E-state index in [-0.39, 0.29) is 23.4 Å². The van der Waals surface area contributed by atoms with E-state index >= 15 is 0 Å². The van der Waals surface area contributed by atoms with Gasteiger partial charge >= 0.3 is 5.97 Å². The minimum Gasteiger partial charge on any atom is -0.462 e. The van der Waals surface area contributed by atoms with Crippen LogP contribution in [0.1, 0.15) is 52.9 Å². The van der Waals surface area contributed by atoms with Crippen LogP contribution in [-0.2, 0) is 9.53 Å². The molecule has 0 radical (unpaired) electrons. The average molecular weight is 249 g/mol. The van der Waals surface area contributed by atoms with Gasteiger partial charge in [0.05, 0.1) is 11.5 Å². The number of ether oxygens (including phenoxy) is 1. The van der Waals surface area contributed by atoms with Gasteiger partial charge in [-0.25, -0.2) is 0 Å². The molecule has 4 unspecified atom stereocenters. The summed E-state index contributed by atoms with van der Waals surface area (Å²) in [4.78, 5) is 12.1. The van der Waals surface area contributed by atoms with Crippen molar-refractivity contribution in [2.24, 2.45) is 23.2 Å². The second-order valence-corrected chi connectivity index (χ2v) is 6.57. The fourth-order valence-corrected chi connectivity index (χ4v) is 3.21. The highest BCUT2D eigenvalue weighted by molar-refractivity contribution is 5.76. The van der Waals surface area contributed by atoms with Gasteiger partial charge in [-0.2, -0.15) is 5.26 Å². The van der Waals surface area contributed by atoms with Gasteiger partial charge in [0.1, 0.15) is 6.10 Å². The highest BCUT2D eigenvalue weighted by Gasteiger charge is 2.43. The Morgan fingerprint density at radius 1 is 1.33 bits per heavy atom. The number of hydrogen-bond donors (Lipinski definition) is 0. The molecule has 4 atom stereocenters. The molecule has 3 nitrogen and oxygen atoms in total. The predicted octanol–water partition coefficient (Wildman–Crippen LogP) is 3.29. The smallest absolute Gasteiger partial charge is 0.311 e. The van der Waals surface area contributed by atoms with Crippen molar-refractivity contribution in [1.82, 2.24) is 0 Å². The number of nitriles is 1. The van der Waals surface area contributed by atoms with Crippen molar-refractivity contribution in [1.29, 1.82) is 5.26 Å². The summed E-state index contributed by atoms with van der Waals surface area (Å²) in [7, 11) is 0. The van der Waals surface area contributed by atoms with Gasteiger partial charge in [0, 0.05) is 5.92 Å². The van der Waals surface area contributed by atoms with Crippen molar-refractivity contribution in [3.05, 3.63) is 0 Å². The first-order valence-corrected chi connectivity index (χ1v) is 7.07. The van der Waals surface area contributed by atoms with Crippen molar-refractivity contribution in [2.75, 3.05) is 0 Å². The van der Waals surface area contributed by atoms with Crippen molar-refractivity contribution in [3.8, 4) is 6.07 Å². The fraction of sp³-hybridized carbons (Fsp3) is 0.867. The standard InChI is InChI=1S/C15H23NO2/c1-4-15(2,3)14(17)18-13-7-10-5-11(8-13)12(6-10)9-16/h10-13H,4-8H2,1-3H3. The van der Waals surface area contributed by atoms with Gasteiger partial charge in [0.15, 0.2) is 0 Å². The topological polar surface area (TPSA) is 50.1 Å². The molecular weight excluding hydrogens is 226 g/mol. The number of carbonyl (C=O) groups excluding carboxylic acids is 1. The van der Waals surface area contributed by atoms with Gasteiger partial charge in [-0.05, 0) is 57.8 Å². The third-order valence-corrected chi connectivity index (χ3v) is 4.83. The largest absolute Gasteiger partial charge is 0.462 e. The Morgan fingerprint density at radius 3 is 2.67 bits per heavy atom. The molecule has 100 valence electrons. The molecule has 0 N–H and O–H groups in total. The average Bonchev–Trinajstić information content (AvgIpc) is 2.63. The molecule has 2 bridgehead atoms. The van der Waals surface area contributed by atoms with Crippen LogP contribution in [0, 0.1) is 34.5 Å². The highest BCUT2D eigenvalue weighted by Crippen LogP contribution is 2.46. The zero-order chi connectivity index (χ0) is 13.3. The first-order valence-electron chi connectivity index (χ1n) is 7.07. The summed E-state index contributed by atoms with van der Waals surface area (Å²) in [6.07, 6.45) is 4.85. The monoisotopic (exact) mass is 249 g/mol. The van der Waals surface area contributed by atoms with Crippen LogP contribution >= 0.6 is 0 Å². The maximum absolute atomic E-state index is 12.1. The Labute approximate surface area is 110 Å². The summed E-state index contributed by atoms with van der Waals surface area (Å²) in [5.74, 6) is 1.16. The molecule has 2 saturated carbocycles. The van der Waals surface area contributed by atoms with Crippen LogP contribution in [0.4, 0.5) is 0 Å². The first kappa shape index (κ1) is 13.4. The number of rotatable bonds is 3. The number of fused-ring (bicyclic) bond motifs is 2. The van der Waals surface area contributed by atoms with Crippen molar-refractivity contribution in [3.63, 3.8) is 0 Å². The van der Waals surface area contributed by atoms with Crippen LogP contribution in [0.15, 0.2) is 0 Å². The maximum Gasteiger partial charge on any atom is 0.311 e. The van der Waals surface area contributed by atoms with Gasteiger partial charge in [-0.3, -0.25) is 4.79 Å². The Kier molecular flexibility index (Phi) is 3.66. The minimum atomic E-state index is -0.384. The number of carbonyl (C=O) groups is 1. The first-order chi connectivity index (χ1) is 8.46. The molecule has 2 aliphatic carbocycles. The van der Waals surface area contributed by atoms with Gasteiger partial charge in [-0.1, -0.05) is 6.92 Å². The van der Waals surface area contributed by atoms with Crippen LogP contribution in [0.3, 0.4) is 0 Å². The molecule has 2 aliphatic rings. The summed E-state index contributed by atoms with van der Waals surface area (Å²) in [5.41, 5.74) is -0.384. The SMILES string of the molecule is CCC(C)(C)C(=O)OC1CC2CC(C#N)C(C2)C1. The zero-order valence-electron chi connectivity index (χ0n) is 11.6. The Balaban J connectivity index is 1.94. The van der Waals surface area contributed by atoms with E-state index in [2.05, 4.69) is 6.07 Å². The van der Waals surface area contributed by atoms with Crippen LogP contribution in [-0.4, -0.2) is 12.1 Å². The van der Waals surface area contributed by atoms with Gasteiger partial charge in [0.2, 0.25) is 0 Å². The Bertz CT molecular complexity index is 369. The molecule has 0 aromatic heterocycles. The lowest BCUT2D eigenvalue weighted by atomic mass is 9.85. The van der Waals surface area contributed by atoms with E-state index in [0.717, 1.165) is 32.1 Å². The molecule has 0 aromatic rings. The molecule has 2 fully saturated rings. The molecule has 2 rings (SSSR count). The lowest BCUT2D eigenvalue weighted by Gasteiger charge is -2.30. The molecule has 0 heterocycles. The molecule has 0 saturated heterocycles. The number of nitrogens with zero attached hydrogens (tertiary/aromatic N) is 1. The molecule has 18 heavy (non-hydrogen) atoms. The lowest BCUT2D eigenvalue weighted by Crippen LogP contribution is -2.33. The Hall–Kier alpha value is -1.04. The molecule has 3 heteroatoms. The van der Waals surface area contributed by atoms with Crippen LogP contribution in [0.5, 0.6) is 0 Å². The Morgan fingerprint density at radius 2 is 2.06 bits per heavy atom. The molecule has 0 amide bonds. The summed E-state index contributed by atoms with van der Waals surface area (Å²) in [5, 5.41) is 9.09. The van der Waals surface area contributed by atoms with Crippen LogP contribution in [0.2, 0.25) is 0 Å². The van der Waals surface area contributed by atoms with Crippen molar-refractivity contribution < 1.29 is 9.53 Å². The van der Waals surface area contributed by atoms with Gasteiger partial charge < -0.3 is 4.74 Å². The number of esters is 1. The fourth-order valence-electron chi connectivity index (χ4n) is 3.21. The molecule has 0 aromatic carbocycles. The van der Waals surface area contributed by atoms with E-state index < -0.39 is 0 Å². The number of hydrogen-bond acceptors (Lipinski definition) is 3. The van der Waals surface area contributed by atoms with Gasteiger partial charge in [-0.15, -0.1) is 0 Å². The normalized spacial score (nSPS) is 35.0. The summed E-state index contributed by atoms with van der Waals surface area (Å²) in [6.45, 7) is 5.88. The van der Waals surface area contributed by atoms with E-state index in [4.69, 9.17) is 10.00 Å². The quantitative estimate of drug-likeness (QED) is 0.721. The van der Waals surface area contributed by atoms with E-state index in [9.17, 15) is 4.79 Å². The third kappa shape index (κ3) is 2.53. The lowest BCUT2D eigenvalue weighted by molar-refractivity contribution is -0.162. The van der Waals surface area contributed by atoms with E-state index in [1.165, 1.54) is 0 Å². The zero-order valence-corrected chi connectivity index (χ0v) is 11.6. The molecule has 0 aliphatic heterocycles. The minimum absolute atomic E-state index is 0.0467. The van der Waals surface area contributed by atoms with E-state index in [1.54, 1.807) is 0 Å². The van der Waals surface area contributed by atoms with E-state index in [0.29, 0.717) is 11.8 Å².